The third kappa shape index (κ3) is 3.03. The molecule has 0 atom stereocenters. The van der Waals surface area contributed by atoms with Crippen LogP contribution in [0.3, 0.4) is 0 Å². The summed E-state index contributed by atoms with van der Waals surface area (Å²) < 4.78 is 29.2. The Morgan fingerprint density at radius 1 is 1.09 bits per heavy atom. The van der Waals surface area contributed by atoms with Gasteiger partial charge >= 0.3 is 0 Å². The van der Waals surface area contributed by atoms with E-state index in [9.17, 15) is 8.42 Å². The maximum atomic E-state index is 10.4. The van der Waals surface area contributed by atoms with Crippen LogP contribution in [-0.2, 0) is 27.2 Å². The summed E-state index contributed by atoms with van der Waals surface area (Å²) >= 11 is 0. The van der Waals surface area contributed by atoms with E-state index < -0.39 is 10.1 Å². The van der Waals surface area contributed by atoms with Crippen LogP contribution in [-0.4, -0.2) is 13.0 Å². The molecular formula is C6H6MnO3S. The molecule has 0 aliphatic rings. The second kappa shape index (κ2) is 3.87. The van der Waals surface area contributed by atoms with E-state index in [0.717, 1.165) is 0 Å². The van der Waals surface area contributed by atoms with Crippen LogP contribution in [0.15, 0.2) is 35.2 Å². The minimum Gasteiger partial charge on any atom is -0.282 e. The Bertz CT molecular complexity index is 306. The smallest absolute Gasteiger partial charge is 0.282 e. The second-order valence-corrected chi connectivity index (χ2v) is 3.21. The van der Waals surface area contributed by atoms with Crippen LogP contribution in [0.4, 0.5) is 0 Å². The monoisotopic (exact) mass is 213 g/mol. The van der Waals surface area contributed by atoms with E-state index in [2.05, 4.69) is 0 Å². The normalized spacial score (nSPS) is 10.3. The van der Waals surface area contributed by atoms with Gasteiger partial charge < -0.3 is 0 Å². The summed E-state index contributed by atoms with van der Waals surface area (Å²) in [6.07, 6.45) is 0. The van der Waals surface area contributed by atoms with E-state index in [1.165, 1.54) is 12.1 Å². The molecule has 0 aromatic heterocycles. The van der Waals surface area contributed by atoms with Gasteiger partial charge in [-0.15, -0.1) is 0 Å². The van der Waals surface area contributed by atoms with E-state index in [1.807, 2.05) is 0 Å². The van der Waals surface area contributed by atoms with Crippen LogP contribution >= 0.6 is 0 Å². The fourth-order valence-corrected chi connectivity index (χ4v) is 1.09. The van der Waals surface area contributed by atoms with Crippen LogP contribution < -0.4 is 0 Å². The average Bonchev–Trinajstić information content (AvgIpc) is 1.88. The number of benzene rings is 1. The predicted octanol–water partition coefficient (Wildman–Crippen LogP) is 0.931. The first-order valence-corrected chi connectivity index (χ1v) is 4.07. The Balaban J connectivity index is 0.000001000. The first-order chi connectivity index (χ1) is 4.61. The largest absolute Gasteiger partial charge is 0.294 e. The third-order valence-corrected chi connectivity index (χ3v) is 1.91. The Hall–Kier alpha value is -0.351. The van der Waals surface area contributed by atoms with Gasteiger partial charge in [0.2, 0.25) is 0 Å². The van der Waals surface area contributed by atoms with E-state index in [0.29, 0.717) is 0 Å². The van der Waals surface area contributed by atoms with Crippen LogP contribution in [0.5, 0.6) is 0 Å². The van der Waals surface area contributed by atoms with E-state index in [4.69, 9.17) is 4.55 Å². The van der Waals surface area contributed by atoms with Gasteiger partial charge in [-0.2, -0.15) is 8.42 Å². The van der Waals surface area contributed by atoms with Crippen LogP contribution in [0, 0.1) is 0 Å². The summed E-state index contributed by atoms with van der Waals surface area (Å²) in [5, 5.41) is 0. The fourth-order valence-electron chi connectivity index (χ4n) is 0.592. The topological polar surface area (TPSA) is 54.4 Å². The molecule has 0 fully saturated rings. The zero-order valence-corrected chi connectivity index (χ0v) is 7.43. The number of hydrogen-bond donors (Lipinski definition) is 1. The van der Waals surface area contributed by atoms with Gasteiger partial charge in [-0.05, 0) is 12.1 Å². The van der Waals surface area contributed by atoms with Crippen molar-refractivity contribution in [2.24, 2.45) is 0 Å². The molecule has 61 valence electrons. The molecule has 0 aliphatic heterocycles. The molecule has 5 heteroatoms. The maximum Gasteiger partial charge on any atom is 0.294 e. The molecule has 0 saturated carbocycles. The zero-order valence-electron chi connectivity index (χ0n) is 5.44. The van der Waals surface area contributed by atoms with Crippen molar-refractivity contribution in [1.29, 1.82) is 0 Å². The quantitative estimate of drug-likeness (QED) is 0.557. The van der Waals surface area contributed by atoms with Crippen molar-refractivity contribution in [2.75, 3.05) is 0 Å². The van der Waals surface area contributed by atoms with Crippen molar-refractivity contribution in [1.82, 2.24) is 0 Å². The third-order valence-electron chi connectivity index (χ3n) is 1.04. The summed E-state index contributed by atoms with van der Waals surface area (Å²) in [6.45, 7) is 0. The van der Waals surface area contributed by atoms with Gasteiger partial charge in [-0.1, -0.05) is 18.2 Å². The van der Waals surface area contributed by atoms with Gasteiger partial charge in [0.25, 0.3) is 10.1 Å². The number of rotatable bonds is 1. The second-order valence-electron chi connectivity index (χ2n) is 1.79. The fraction of sp³-hybridized carbons (Fsp3) is 0. The first-order valence-electron chi connectivity index (χ1n) is 2.63. The molecule has 0 unspecified atom stereocenters. The van der Waals surface area contributed by atoms with E-state index in [1.54, 1.807) is 18.2 Å². The summed E-state index contributed by atoms with van der Waals surface area (Å²) in [4.78, 5) is -0.0741. The van der Waals surface area contributed by atoms with Crippen molar-refractivity contribution in [3.63, 3.8) is 0 Å². The molecular weight excluding hydrogens is 207 g/mol. The van der Waals surface area contributed by atoms with Gasteiger partial charge in [-0.25, -0.2) is 0 Å². The Labute approximate surface area is 75.7 Å². The molecule has 1 radical (unpaired) electrons. The SMILES string of the molecule is O=S(=O)(O)c1ccccc1.[Mn]. The molecule has 0 aliphatic carbocycles. The molecule has 0 heterocycles. The Morgan fingerprint density at radius 3 is 1.82 bits per heavy atom. The average molecular weight is 213 g/mol. The minimum absolute atomic E-state index is 0. The summed E-state index contributed by atoms with van der Waals surface area (Å²) in [5.41, 5.74) is 0. The van der Waals surface area contributed by atoms with Crippen molar-refractivity contribution in [3.8, 4) is 0 Å². The Kier molecular flexibility index (Phi) is 3.75. The molecule has 0 bridgehead atoms. The van der Waals surface area contributed by atoms with Crippen LogP contribution in [0.2, 0.25) is 0 Å². The van der Waals surface area contributed by atoms with Gasteiger partial charge in [0.05, 0.1) is 4.90 Å². The molecule has 1 N–H and O–H groups in total. The molecule has 3 nitrogen and oxygen atoms in total. The zero-order chi connectivity index (χ0) is 7.61. The predicted molar refractivity (Wildman–Crippen MR) is 36.3 cm³/mol. The molecule has 1 aromatic rings. The molecule has 1 aromatic carbocycles. The van der Waals surface area contributed by atoms with E-state index >= 15 is 0 Å². The van der Waals surface area contributed by atoms with Gasteiger partial charge in [0, 0.05) is 17.1 Å². The van der Waals surface area contributed by atoms with Crippen molar-refractivity contribution in [2.45, 2.75) is 4.90 Å². The Morgan fingerprint density at radius 2 is 1.55 bits per heavy atom. The summed E-state index contributed by atoms with van der Waals surface area (Å²) in [7, 11) is -4.00. The van der Waals surface area contributed by atoms with E-state index in [-0.39, 0.29) is 22.0 Å². The minimum atomic E-state index is -4.00. The standard InChI is InChI=1S/C6H6O3S.Mn/c7-10(8,9)6-4-2-1-3-5-6;/h1-5H,(H,7,8,9);. The molecule has 11 heavy (non-hydrogen) atoms. The van der Waals surface area contributed by atoms with Crippen LogP contribution in [0.1, 0.15) is 0 Å². The number of hydrogen-bond acceptors (Lipinski definition) is 2. The van der Waals surface area contributed by atoms with Gasteiger partial charge in [-0.3, -0.25) is 4.55 Å². The molecule has 1 rings (SSSR count). The molecule has 0 saturated heterocycles. The molecule has 0 amide bonds. The van der Waals surface area contributed by atoms with Crippen LogP contribution in [0.25, 0.3) is 0 Å². The molecule has 0 spiro atoms. The first kappa shape index (κ1) is 10.6. The van der Waals surface area contributed by atoms with Crippen molar-refractivity contribution in [3.05, 3.63) is 30.3 Å². The van der Waals surface area contributed by atoms with Gasteiger partial charge in [0.15, 0.2) is 0 Å². The maximum absolute atomic E-state index is 10.4. The van der Waals surface area contributed by atoms with Crippen molar-refractivity contribution >= 4 is 10.1 Å². The van der Waals surface area contributed by atoms with Gasteiger partial charge in [0.1, 0.15) is 0 Å². The summed E-state index contributed by atoms with van der Waals surface area (Å²) in [6, 6.07) is 7.42. The summed E-state index contributed by atoms with van der Waals surface area (Å²) in [5.74, 6) is 0. The van der Waals surface area contributed by atoms with Crippen molar-refractivity contribution < 1.29 is 30.0 Å².